The molecule has 2 aliphatic heterocycles. The molecule has 0 bridgehead atoms. The number of methoxy groups -OCH3 is 1. The van der Waals surface area contributed by atoms with Gasteiger partial charge in [-0.1, -0.05) is 17.9 Å². The lowest BCUT2D eigenvalue weighted by atomic mass is 9.99. The molecule has 2 aromatic carbocycles. The van der Waals surface area contributed by atoms with Gasteiger partial charge in [0.05, 0.1) is 19.2 Å². The minimum absolute atomic E-state index is 0.0824. The summed E-state index contributed by atoms with van der Waals surface area (Å²) < 4.78 is 7.09. The summed E-state index contributed by atoms with van der Waals surface area (Å²) in [6, 6.07) is 10.4. The van der Waals surface area contributed by atoms with Crippen LogP contribution in [0.4, 0.5) is 4.79 Å². The standard InChI is InChI=1S/C25H23N5O4/c1-15(2)30-13-18-10-16(4-7-21(18)28-30)8-9-25(23(32)26-24(33)27-25)14-29-12-17-5-6-19(34-3)11-20(17)22(29)31/h4-7,10-11,13,15H,12,14H2,1-3H3,(H2,26,27,32,33)/t25-/m1/s1. The second-order valence-electron chi connectivity index (χ2n) is 8.72. The normalized spacial score (nSPS) is 19.2. The zero-order valence-electron chi connectivity index (χ0n) is 19.0. The van der Waals surface area contributed by atoms with Crippen molar-refractivity contribution in [2.24, 2.45) is 0 Å². The summed E-state index contributed by atoms with van der Waals surface area (Å²) in [5, 5.41) is 10.3. The first-order valence-electron chi connectivity index (χ1n) is 10.9. The molecule has 9 heteroatoms. The molecular weight excluding hydrogens is 434 g/mol. The Morgan fingerprint density at radius 3 is 2.71 bits per heavy atom. The van der Waals surface area contributed by atoms with Crippen LogP contribution in [0.15, 0.2) is 42.6 Å². The smallest absolute Gasteiger partial charge is 0.323 e. The zero-order chi connectivity index (χ0) is 24.0. The Morgan fingerprint density at radius 2 is 2.00 bits per heavy atom. The maximum absolute atomic E-state index is 13.0. The molecule has 0 unspecified atom stereocenters. The van der Waals surface area contributed by atoms with E-state index in [9.17, 15) is 14.4 Å². The van der Waals surface area contributed by atoms with E-state index in [0.717, 1.165) is 16.5 Å². The molecule has 34 heavy (non-hydrogen) atoms. The molecule has 172 valence electrons. The van der Waals surface area contributed by atoms with Gasteiger partial charge in [0, 0.05) is 35.3 Å². The van der Waals surface area contributed by atoms with Crippen molar-refractivity contribution < 1.29 is 19.1 Å². The molecule has 2 aliphatic rings. The van der Waals surface area contributed by atoms with Crippen molar-refractivity contribution in [2.45, 2.75) is 32.0 Å². The van der Waals surface area contributed by atoms with Crippen LogP contribution in [0, 0.1) is 11.8 Å². The first-order valence-corrected chi connectivity index (χ1v) is 10.9. The number of benzene rings is 2. The van der Waals surface area contributed by atoms with E-state index in [2.05, 4.69) is 27.6 Å². The molecule has 1 saturated heterocycles. The van der Waals surface area contributed by atoms with Crippen molar-refractivity contribution in [3.05, 3.63) is 59.3 Å². The summed E-state index contributed by atoms with van der Waals surface area (Å²) in [5.41, 5.74) is 1.29. The predicted octanol–water partition coefficient (Wildman–Crippen LogP) is 2.21. The van der Waals surface area contributed by atoms with Crippen molar-refractivity contribution in [1.82, 2.24) is 25.3 Å². The molecule has 1 aromatic heterocycles. The minimum atomic E-state index is -1.56. The number of amides is 4. The van der Waals surface area contributed by atoms with E-state index in [-0.39, 0.29) is 18.5 Å². The molecule has 0 spiro atoms. The van der Waals surface area contributed by atoms with E-state index in [1.165, 1.54) is 12.0 Å². The number of nitrogens with zero attached hydrogens (tertiary/aromatic N) is 3. The van der Waals surface area contributed by atoms with Crippen molar-refractivity contribution >= 4 is 28.7 Å². The lowest BCUT2D eigenvalue weighted by Gasteiger charge is -2.26. The van der Waals surface area contributed by atoms with Gasteiger partial charge in [0.1, 0.15) is 5.75 Å². The highest BCUT2D eigenvalue weighted by atomic mass is 16.5. The highest BCUT2D eigenvalue weighted by Gasteiger charge is 2.48. The van der Waals surface area contributed by atoms with Crippen LogP contribution in [0.1, 0.15) is 41.4 Å². The van der Waals surface area contributed by atoms with Crippen LogP contribution in [0.2, 0.25) is 0 Å². The fraction of sp³-hybridized carbons (Fsp3) is 0.280. The third-order valence-electron chi connectivity index (χ3n) is 6.04. The fourth-order valence-electron chi connectivity index (χ4n) is 4.18. The number of aromatic nitrogens is 2. The van der Waals surface area contributed by atoms with E-state index in [1.807, 2.05) is 49.0 Å². The Kier molecular flexibility index (Phi) is 5.01. The molecule has 1 atom stereocenters. The summed E-state index contributed by atoms with van der Waals surface area (Å²) in [5.74, 6) is 5.71. The summed E-state index contributed by atoms with van der Waals surface area (Å²) in [7, 11) is 1.53. The average molecular weight is 457 g/mol. The van der Waals surface area contributed by atoms with Gasteiger partial charge < -0.3 is 15.0 Å². The van der Waals surface area contributed by atoms with E-state index in [0.29, 0.717) is 23.4 Å². The number of carbonyl (C=O) groups excluding carboxylic acids is 3. The summed E-state index contributed by atoms with van der Waals surface area (Å²) in [6.45, 7) is 4.32. The van der Waals surface area contributed by atoms with Crippen LogP contribution in [0.5, 0.6) is 5.75 Å². The van der Waals surface area contributed by atoms with Gasteiger partial charge in [-0.2, -0.15) is 5.10 Å². The van der Waals surface area contributed by atoms with Gasteiger partial charge >= 0.3 is 6.03 Å². The third kappa shape index (κ3) is 3.63. The first kappa shape index (κ1) is 21.5. The molecule has 4 amide bonds. The average Bonchev–Trinajstić information content (AvgIpc) is 3.46. The molecule has 2 N–H and O–H groups in total. The van der Waals surface area contributed by atoms with Crippen LogP contribution in [-0.2, 0) is 11.3 Å². The van der Waals surface area contributed by atoms with E-state index in [1.54, 1.807) is 12.1 Å². The number of hydrogen-bond donors (Lipinski definition) is 2. The molecule has 0 aliphatic carbocycles. The summed E-state index contributed by atoms with van der Waals surface area (Å²) in [6.07, 6.45) is 1.94. The van der Waals surface area contributed by atoms with Crippen LogP contribution in [0.25, 0.3) is 10.9 Å². The number of hydrogen-bond acceptors (Lipinski definition) is 5. The second kappa shape index (κ2) is 7.92. The minimum Gasteiger partial charge on any atom is -0.497 e. The molecule has 9 nitrogen and oxygen atoms in total. The Balaban J connectivity index is 1.46. The number of fused-ring (bicyclic) bond motifs is 2. The van der Waals surface area contributed by atoms with Crippen LogP contribution >= 0.6 is 0 Å². The third-order valence-corrected chi connectivity index (χ3v) is 6.04. The van der Waals surface area contributed by atoms with Gasteiger partial charge in [0.15, 0.2) is 0 Å². The molecule has 3 heterocycles. The Hall–Kier alpha value is -4.32. The van der Waals surface area contributed by atoms with Crippen molar-refractivity contribution in [3.8, 4) is 17.6 Å². The van der Waals surface area contributed by atoms with Crippen LogP contribution in [-0.4, -0.2) is 51.7 Å². The van der Waals surface area contributed by atoms with Gasteiger partial charge in [-0.25, -0.2) is 4.79 Å². The molecule has 3 aromatic rings. The number of ether oxygens (including phenoxy) is 1. The Morgan fingerprint density at radius 1 is 1.18 bits per heavy atom. The molecule has 5 rings (SSSR count). The largest absolute Gasteiger partial charge is 0.497 e. The summed E-state index contributed by atoms with van der Waals surface area (Å²) >= 11 is 0. The predicted molar refractivity (Wildman–Crippen MR) is 124 cm³/mol. The summed E-state index contributed by atoms with van der Waals surface area (Å²) in [4.78, 5) is 39.4. The van der Waals surface area contributed by atoms with E-state index in [4.69, 9.17) is 4.74 Å². The van der Waals surface area contributed by atoms with Crippen LogP contribution in [0.3, 0.4) is 0 Å². The highest BCUT2D eigenvalue weighted by molar-refractivity contribution is 6.10. The number of rotatable bonds is 4. The Labute approximate surface area is 196 Å². The molecule has 1 fully saturated rings. The second-order valence-corrected chi connectivity index (χ2v) is 8.72. The highest BCUT2D eigenvalue weighted by Crippen LogP contribution is 2.28. The SMILES string of the molecule is COc1ccc2c(c1)C(=O)N(C[C@@]1(C#Cc3ccc4nn(C(C)C)cc4c3)NC(=O)NC1=O)C2. The van der Waals surface area contributed by atoms with Crippen molar-refractivity contribution in [2.75, 3.05) is 13.7 Å². The number of urea groups is 1. The van der Waals surface area contributed by atoms with Gasteiger partial charge in [0.25, 0.3) is 11.8 Å². The molecule has 0 radical (unpaired) electrons. The topological polar surface area (TPSA) is 106 Å². The van der Waals surface area contributed by atoms with E-state index >= 15 is 0 Å². The molecular formula is C25H23N5O4. The van der Waals surface area contributed by atoms with Gasteiger partial charge in [-0.15, -0.1) is 0 Å². The fourth-order valence-corrected chi connectivity index (χ4v) is 4.18. The van der Waals surface area contributed by atoms with Crippen LogP contribution < -0.4 is 15.4 Å². The number of imide groups is 1. The molecule has 0 saturated carbocycles. The van der Waals surface area contributed by atoms with Gasteiger partial charge in [-0.05, 0) is 49.7 Å². The number of nitrogens with one attached hydrogen (secondary N) is 2. The van der Waals surface area contributed by atoms with Gasteiger partial charge in [-0.3, -0.25) is 19.6 Å². The maximum Gasteiger partial charge on any atom is 0.323 e. The van der Waals surface area contributed by atoms with Crippen molar-refractivity contribution in [1.29, 1.82) is 0 Å². The van der Waals surface area contributed by atoms with E-state index < -0.39 is 17.5 Å². The zero-order valence-corrected chi connectivity index (χ0v) is 19.0. The maximum atomic E-state index is 13.0. The lowest BCUT2D eigenvalue weighted by Crippen LogP contribution is -2.54. The first-order chi connectivity index (χ1) is 16.3. The van der Waals surface area contributed by atoms with Gasteiger partial charge in [0.2, 0.25) is 5.54 Å². The quantitative estimate of drug-likeness (QED) is 0.462. The lowest BCUT2D eigenvalue weighted by molar-refractivity contribution is -0.122. The monoisotopic (exact) mass is 457 g/mol. The number of carbonyl (C=O) groups is 3. The van der Waals surface area contributed by atoms with Crippen molar-refractivity contribution in [3.63, 3.8) is 0 Å². The Bertz CT molecular complexity index is 1410.